The number of aromatic nitrogens is 2. The Morgan fingerprint density at radius 2 is 2.08 bits per heavy atom. The lowest BCUT2D eigenvalue weighted by Crippen LogP contribution is -2.24. The van der Waals surface area contributed by atoms with Crippen LogP contribution in [0, 0.1) is 18.3 Å². The second kappa shape index (κ2) is 7.27. The molecule has 0 saturated heterocycles. The lowest BCUT2D eigenvalue weighted by atomic mass is 10.2. The zero-order valence-corrected chi connectivity index (χ0v) is 13.5. The minimum absolute atomic E-state index is 0.232. The molecule has 3 aromatic rings. The highest BCUT2D eigenvalue weighted by molar-refractivity contribution is 5.93. The Hall–Kier alpha value is -3.66. The first-order valence-electron chi connectivity index (χ1n) is 7.58. The Balaban J connectivity index is 1.78. The minimum Gasteiger partial charge on any atom is -0.467 e. The van der Waals surface area contributed by atoms with Gasteiger partial charge in [-0.2, -0.15) is 5.26 Å². The maximum Gasteiger partial charge on any atom is 0.270 e. The fourth-order valence-corrected chi connectivity index (χ4v) is 2.25. The molecule has 0 atom stereocenters. The Kier molecular flexibility index (Phi) is 4.72. The number of carbonyl (C=O) groups excluding carboxylic acids is 1. The number of rotatable bonds is 5. The van der Waals surface area contributed by atoms with Crippen LogP contribution in [0.15, 0.2) is 53.1 Å². The van der Waals surface area contributed by atoms with Crippen molar-refractivity contribution in [1.82, 2.24) is 15.3 Å². The summed E-state index contributed by atoms with van der Waals surface area (Å²) in [4.78, 5) is 20.7. The molecule has 0 unspecified atom stereocenters. The average Bonchev–Trinajstić information content (AvgIpc) is 3.13. The average molecular weight is 333 g/mol. The van der Waals surface area contributed by atoms with Gasteiger partial charge in [0.1, 0.15) is 29.2 Å². The van der Waals surface area contributed by atoms with Gasteiger partial charge in [0, 0.05) is 6.07 Å². The highest BCUT2D eigenvalue weighted by atomic mass is 16.3. The summed E-state index contributed by atoms with van der Waals surface area (Å²) in [6.07, 6.45) is 1.55. The largest absolute Gasteiger partial charge is 0.467 e. The van der Waals surface area contributed by atoms with Crippen molar-refractivity contribution in [3.63, 3.8) is 0 Å². The van der Waals surface area contributed by atoms with E-state index in [0.717, 1.165) is 0 Å². The summed E-state index contributed by atoms with van der Waals surface area (Å²) in [6.45, 7) is 1.97. The number of nitriles is 1. The van der Waals surface area contributed by atoms with Gasteiger partial charge in [0.2, 0.25) is 0 Å². The smallest absolute Gasteiger partial charge is 0.270 e. The molecule has 3 rings (SSSR count). The molecule has 0 aliphatic heterocycles. The van der Waals surface area contributed by atoms with Crippen LogP contribution in [-0.4, -0.2) is 15.9 Å². The number of hydrogen-bond acceptors (Lipinski definition) is 6. The predicted octanol–water partition coefficient (Wildman–Crippen LogP) is 2.92. The number of hydrogen-bond donors (Lipinski definition) is 2. The molecule has 0 aliphatic rings. The van der Waals surface area contributed by atoms with Crippen molar-refractivity contribution in [1.29, 1.82) is 5.26 Å². The molecule has 2 aromatic heterocycles. The molecule has 0 fully saturated rings. The highest BCUT2D eigenvalue weighted by Crippen LogP contribution is 2.19. The number of aryl methyl sites for hydroxylation is 1. The summed E-state index contributed by atoms with van der Waals surface area (Å²) < 4.78 is 5.18. The summed E-state index contributed by atoms with van der Waals surface area (Å²) in [5.41, 5.74) is 1.34. The van der Waals surface area contributed by atoms with Crippen LogP contribution in [0.2, 0.25) is 0 Å². The fraction of sp³-hybridized carbons (Fsp3) is 0.111. The maximum atomic E-state index is 12.3. The van der Waals surface area contributed by atoms with E-state index in [1.165, 1.54) is 0 Å². The molecule has 0 radical (unpaired) electrons. The van der Waals surface area contributed by atoms with Crippen molar-refractivity contribution < 1.29 is 9.21 Å². The van der Waals surface area contributed by atoms with E-state index in [9.17, 15) is 4.79 Å². The van der Waals surface area contributed by atoms with Crippen LogP contribution in [0.25, 0.3) is 0 Å². The van der Waals surface area contributed by atoms with Crippen LogP contribution in [0.1, 0.15) is 27.6 Å². The molecule has 0 bridgehead atoms. The molecule has 1 amide bonds. The summed E-state index contributed by atoms with van der Waals surface area (Å²) in [5, 5.41) is 15.0. The monoisotopic (exact) mass is 333 g/mol. The lowest BCUT2D eigenvalue weighted by Gasteiger charge is -2.10. The fourth-order valence-electron chi connectivity index (χ4n) is 2.25. The first-order chi connectivity index (χ1) is 12.2. The van der Waals surface area contributed by atoms with Crippen molar-refractivity contribution in [2.75, 3.05) is 5.32 Å². The zero-order valence-electron chi connectivity index (χ0n) is 13.5. The van der Waals surface area contributed by atoms with Crippen LogP contribution in [0.4, 0.5) is 11.5 Å². The normalized spacial score (nSPS) is 10.1. The molecule has 0 spiro atoms. The molecule has 1 aromatic carbocycles. The van der Waals surface area contributed by atoms with Crippen molar-refractivity contribution in [2.45, 2.75) is 13.5 Å². The third-order valence-electron chi connectivity index (χ3n) is 3.38. The van der Waals surface area contributed by atoms with Crippen LogP contribution >= 0.6 is 0 Å². The molecule has 0 saturated carbocycles. The summed E-state index contributed by atoms with van der Waals surface area (Å²) in [6, 6.07) is 14.2. The number of carbonyl (C=O) groups is 1. The molecule has 124 valence electrons. The molecule has 7 heteroatoms. The van der Waals surface area contributed by atoms with E-state index in [2.05, 4.69) is 26.7 Å². The lowest BCUT2D eigenvalue weighted by molar-refractivity contribution is 0.0942. The van der Waals surface area contributed by atoms with Gasteiger partial charge in [-0.1, -0.05) is 12.1 Å². The van der Waals surface area contributed by atoms with E-state index in [4.69, 9.17) is 9.68 Å². The van der Waals surface area contributed by atoms with Crippen LogP contribution in [0.5, 0.6) is 0 Å². The third kappa shape index (κ3) is 4.00. The minimum atomic E-state index is -0.335. The quantitative estimate of drug-likeness (QED) is 0.744. The molecule has 7 nitrogen and oxygen atoms in total. The van der Waals surface area contributed by atoms with Gasteiger partial charge in [0.05, 0.1) is 24.1 Å². The van der Waals surface area contributed by atoms with Gasteiger partial charge in [-0.3, -0.25) is 4.79 Å². The van der Waals surface area contributed by atoms with Gasteiger partial charge in [-0.05, 0) is 31.2 Å². The van der Waals surface area contributed by atoms with E-state index in [-0.39, 0.29) is 18.1 Å². The second-order valence-electron chi connectivity index (χ2n) is 5.23. The first kappa shape index (κ1) is 16.2. The topological polar surface area (TPSA) is 104 Å². The van der Waals surface area contributed by atoms with Gasteiger partial charge in [-0.25, -0.2) is 9.97 Å². The Bertz CT molecular complexity index is 929. The van der Waals surface area contributed by atoms with Gasteiger partial charge in [0.25, 0.3) is 5.91 Å². The zero-order chi connectivity index (χ0) is 17.6. The molecule has 2 N–H and O–H groups in total. The number of amides is 1. The summed E-state index contributed by atoms with van der Waals surface area (Å²) in [7, 11) is 0. The van der Waals surface area contributed by atoms with Crippen molar-refractivity contribution in [3.8, 4) is 6.07 Å². The third-order valence-corrected chi connectivity index (χ3v) is 3.38. The van der Waals surface area contributed by atoms with E-state index < -0.39 is 0 Å². The SMILES string of the molecule is Cc1nc(Nc2ccccc2C#N)cc(C(=O)NCc2ccco2)n1. The highest BCUT2D eigenvalue weighted by Gasteiger charge is 2.12. The molecule has 25 heavy (non-hydrogen) atoms. The van der Waals surface area contributed by atoms with Crippen LogP contribution < -0.4 is 10.6 Å². The van der Waals surface area contributed by atoms with E-state index in [0.29, 0.717) is 28.7 Å². The van der Waals surface area contributed by atoms with Gasteiger partial charge >= 0.3 is 0 Å². The van der Waals surface area contributed by atoms with E-state index in [1.54, 1.807) is 49.6 Å². The van der Waals surface area contributed by atoms with E-state index >= 15 is 0 Å². The summed E-state index contributed by atoms with van der Waals surface area (Å²) >= 11 is 0. The van der Waals surface area contributed by atoms with Crippen LogP contribution in [0.3, 0.4) is 0 Å². The standard InChI is InChI=1S/C18H15N5O2/c1-12-21-16(18(24)20-11-14-6-4-8-25-14)9-17(22-12)23-15-7-3-2-5-13(15)10-19/h2-9H,11H2,1H3,(H,20,24)(H,21,22,23). The Labute approximate surface area is 144 Å². The van der Waals surface area contributed by atoms with Crippen molar-refractivity contribution in [2.24, 2.45) is 0 Å². The maximum absolute atomic E-state index is 12.3. The number of para-hydroxylation sites is 1. The number of furan rings is 1. The van der Waals surface area contributed by atoms with Gasteiger partial charge < -0.3 is 15.1 Å². The van der Waals surface area contributed by atoms with Crippen molar-refractivity contribution >= 4 is 17.4 Å². The number of nitrogens with zero attached hydrogens (tertiary/aromatic N) is 3. The van der Waals surface area contributed by atoms with Gasteiger partial charge in [-0.15, -0.1) is 0 Å². The molecular formula is C18H15N5O2. The Morgan fingerprint density at radius 3 is 2.84 bits per heavy atom. The van der Waals surface area contributed by atoms with Crippen molar-refractivity contribution in [3.05, 3.63) is 71.6 Å². The number of anilines is 2. The first-order valence-corrected chi connectivity index (χ1v) is 7.58. The van der Waals surface area contributed by atoms with Gasteiger partial charge in [0.15, 0.2) is 0 Å². The molecular weight excluding hydrogens is 318 g/mol. The van der Waals surface area contributed by atoms with Crippen LogP contribution in [-0.2, 0) is 6.54 Å². The molecule has 0 aliphatic carbocycles. The number of benzene rings is 1. The summed E-state index contributed by atoms with van der Waals surface area (Å²) in [5.74, 6) is 1.21. The Morgan fingerprint density at radius 1 is 1.24 bits per heavy atom. The van der Waals surface area contributed by atoms with E-state index in [1.807, 2.05) is 6.07 Å². The molecule has 2 heterocycles. The second-order valence-corrected chi connectivity index (χ2v) is 5.23. The predicted molar refractivity (Wildman–Crippen MR) is 91.1 cm³/mol. The number of nitrogens with one attached hydrogen (secondary N) is 2.